The second-order valence-electron chi connectivity index (χ2n) is 4.37. The van der Waals surface area contributed by atoms with Gasteiger partial charge in [-0.2, -0.15) is 0 Å². The summed E-state index contributed by atoms with van der Waals surface area (Å²) < 4.78 is 5.14. The molecule has 0 saturated heterocycles. The highest BCUT2D eigenvalue weighted by molar-refractivity contribution is 6.33. The molecule has 0 aliphatic rings. The van der Waals surface area contributed by atoms with Crippen LogP contribution in [0, 0.1) is 0 Å². The van der Waals surface area contributed by atoms with Crippen molar-refractivity contribution in [3.05, 3.63) is 53.1 Å². The lowest BCUT2D eigenvalue weighted by Gasteiger charge is -2.08. The number of halogens is 1. The van der Waals surface area contributed by atoms with Crippen LogP contribution in [0.15, 0.2) is 42.5 Å². The van der Waals surface area contributed by atoms with E-state index >= 15 is 0 Å². The molecule has 0 aliphatic heterocycles. The van der Waals surface area contributed by atoms with Crippen LogP contribution in [0.2, 0.25) is 5.02 Å². The number of aliphatic hydroxyl groups is 1. The van der Waals surface area contributed by atoms with Crippen LogP contribution in [0.4, 0.5) is 0 Å². The van der Waals surface area contributed by atoms with Gasteiger partial charge in [-0.15, -0.1) is 0 Å². The van der Waals surface area contributed by atoms with Gasteiger partial charge in [-0.25, -0.2) is 0 Å². The summed E-state index contributed by atoms with van der Waals surface area (Å²) in [5, 5.41) is 9.50. The van der Waals surface area contributed by atoms with Crippen LogP contribution in [-0.4, -0.2) is 18.8 Å². The third-order valence-corrected chi connectivity index (χ3v) is 3.38. The Balaban J connectivity index is 2.22. The van der Waals surface area contributed by atoms with Gasteiger partial charge in [0.1, 0.15) is 5.75 Å². The molecule has 2 aromatic rings. The molecule has 0 amide bonds. The molecule has 100 valence electrons. The molecule has 2 nitrogen and oxygen atoms in total. The van der Waals surface area contributed by atoms with Gasteiger partial charge in [0.25, 0.3) is 0 Å². The van der Waals surface area contributed by atoms with E-state index in [-0.39, 0.29) is 6.61 Å². The van der Waals surface area contributed by atoms with E-state index in [9.17, 15) is 0 Å². The molecule has 2 rings (SSSR count). The first-order chi connectivity index (χ1) is 9.24. The second kappa shape index (κ2) is 6.60. The number of aliphatic hydroxyl groups excluding tert-OH is 1. The van der Waals surface area contributed by atoms with Gasteiger partial charge in [0.2, 0.25) is 0 Å². The highest BCUT2D eigenvalue weighted by Gasteiger charge is 2.05. The predicted molar refractivity (Wildman–Crippen MR) is 78.8 cm³/mol. The van der Waals surface area contributed by atoms with Crippen LogP contribution in [0.3, 0.4) is 0 Å². The summed E-state index contributed by atoms with van der Waals surface area (Å²) in [6, 6.07) is 13.9. The molecule has 0 spiro atoms. The van der Waals surface area contributed by atoms with E-state index < -0.39 is 0 Å². The van der Waals surface area contributed by atoms with Gasteiger partial charge >= 0.3 is 0 Å². The molecule has 3 heteroatoms. The molecule has 0 atom stereocenters. The maximum absolute atomic E-state index is 8.82. The van der Waals surface area contributed by atoms with Gasteiger partial charge in [0.05, 0.1) is 12.1 Å². The Kier molecular flexibility index (Phi) is 4.83. The fourth-order valence-electron chi connectivity index (χ4n) is 1.99. The van der Waals surface area contributed by atoms with Crippen LogP contribution in [0.1, 0.15) is 12.0 Å². The van der Waals surface area contributed by atoms with Gasteiger partial charge in [0.15, 0.2) is 0 Å². The van der Waals surface area contributed by atoms with Crippen molar-refractivity contribution in [2.24, 2.45) is 0 Å². The molecule has 0 unspecified atom stereocenters. The first-order valence-electron chi connectivity index (χ1n) is 6.28. The Labute approximate surface area is 118 Å². The molecule has 0 heterocycles. The molecular weight excluding hydrogens is 260 g/mol. The van der Waals surface area contributed by atoms with E-state index in [1.807, 2.05) is 18.2 Å². The first-order valence-corrected chi connectivity index (χ1v) is 6.66. The minimum absolute atomic E-state index is 0.228. The van der Waals surface area contributed by atoms with Crippen molar-refractivity contribution in [1.29, 1.82) is 0 Å². The maximum atomic E-state index is 8.82. The van der Waals surface area contributed by atoms with Crippen LogP contribution in [0.25, 0.3) is 11.1 Å². The summed E-state index contributed by atoms with van der Waals surface area (Å²) >= 11 is 6.25. The fourth-order valence-corrected chi connectivity index (χ4v) is 2.27. The third-order valence-electron chi connectivity index (χ3n) is 3.06. The number of ether oxygens (including phenoxy) is 1. The molecule has 0 bridgehead atoms. The lowest BCUT2D eigenvalue weighted by atomic mass is 10.0. The average molecular weight is 277 g/mol. The topological polar surface area (TPSA) is 29.5 Å². The zero-order chi connectivity index (χ0) is 13.7. The van der Waals surface area contributed by atoms with E-state index in [0.717, 1.165) is 29.7 Å². The highest BCUT2D eigenvalue weighted by atomic mass is 35.5. The minimum atomic E-state index is 0.228. The van der Waals surface area contributed by atoms with E-state index in [1.54, 1.807) is 7.11 Å². The van der Waals surface area contributed by atoms with E-state index in [2.05, 4.69) is 24.3 Å². The number of hydrogen-bond acceptors (Lipinski definition) is 2. The number of aryl methyl sites for hydroxylation is 1. The van der Waals surface area contributed by atoms with Gasteiger partial charge in [0, 0.05) is 12.2 Å². The Morgan fingerprint density at radius 2 is 1.84 bits per heavy atom. The molecular formula is C16H17ClO2. The highest BCUT2D eigenvalue weighted by Crippen LogP contribution is 2.31. The molecule has 0 radical (unpaired) electrons. The first kappa shape index (κ1) is 13.9. The normalized spacial score (nSPS) is 10.5. The van der Waals surface area contributed by atoms with Crippen molar-refractivity contribution in [3.63, 3.8) is 0 Å². The molecule has 2 aromatic carbocycles. The predicted octanol–water partition coefficient (Wildman–Crippen LogP) is 3.94. The van der Waals surface area contributed by atoms with Crippen LogP contribution in [0.5, 0.6) is 5.75 Å². The fraction of sp³-hybridized carbons (Fsp3) is 0.250. The zero-order valence-electron chi connectivity index (χ0n) is 10.9. The molecule has 1 N–H and O–H groups in total. The van der Waals surface area contributed by atoms with E-state index in [1.165, 1.54) is 5.56 Å². The van der Waals surface area contributed by atoms with Crippen LogP contribution >= 0.6 is 11.6 Å². The number of methoxy groups -OCH3 is 1. The third kappa shape index (κ3) is 3.49. The largest absolute Gasteiger partial charge is 0.497 e. The van der Waals surface area contributed by atoms with Gasteiger partial charge in [-0.05, 0) is 42.2 Å². The number of hydrogen-bond donors (Lipinski definition) is 1. The second-order valence-corrected chi connectivity index (χ2v) is 4.78. The summed E-state index contributed by atoms with van der Waals surface area (Å²) in [7, 11) is 1.63. The van der Waals surface area contributed by atoms with Crippen molar-refractivity contribution in [1.82, 2.24) is 0 Å². The summed E-state index contributed by atoms with van der Waals surface area (Å²) in [4.78, 5) is 0. The Morgan fingerprint density at radius 1 is 1.11 bits per heavy atom. The van der Waals surface area contributed by atoms with E-state index in [4.69, 9.17) is 21.4 Å². The average Bonchev–Trinajstić information content (AvgIpc) is 2.45. The van der Waals surface area contributed by atoms with Crippen molar-refractivity contribution in [2.75, 3.05) is 13.7 Å². The molecule has 0 fully saturated rings. The SMILES string of the molecule is COc1ccc(-c2ccc(CCCO)cc2)c(Cl)c1. The van der Waals surface area contributed by atoms with Gasteiger partial charge in [-0.1, -0.05) is 35.9 Å². The molecule has 19 heavy (non-hydrogen) atoms. The monoisotopic (exact) mass is 276 g/mol. The summed E-state index contributed by atoms with van der Waals surface area (Å²) in [6.07, 6.45) is 1.69. The Hall–Kier alpha value is -1.51. The van der Waals surface area contributed by atoms with E-state index in [0.29, 0.717) is 5.02 Å². The molecule has 0 aromatic heterocycles. The van der Waals surface area contributed by atoms with Crippen molar-refractivity contribution < 1.29 is 9.84 Å². The number of rotatable bonds is 5. The van der Waals surface area contributed by atoms with Gasteiger partial charge in [-0.3, -0.25) is 0 Å². The van der Waals surface area contributed by atoms with Crippen LogP contribution in [-0.2, 0) is 6.42 Å². The quantitative estimate of drug-likeness (QED) is 0.896. The maximum Gasteiger partial charge on any atom is 0.120 e. The number of benzene rings is 2. The van der Waals surface area contributed by atoms with Crippen molar-refractivity contribution in [3.8, 4) is 16.9 Å². The summed E-state index contributed by atoms with van der Waals surface area (Å²) in [5.74, 6) is 0.758. The smallest absolute Gasteiger partial charge is 0.120 e. The lowest BCUT2D eigenvalue weighted by molar-refractivity contribution is 0.288. The van der Waals surface area contributed by atoms with Crippen LogP contribution < -0.4 is 4.74 Å². The van der Waals surface area contributed by atoms with Crippen molar-refractivity contribution >= 4 is 11.6 Å². The Morgan fingerprint density at radius 3 is 2.42 bits per heavy atom. The zero-order valence-corrected chi connectivity index (χ0v) is 11.7. The minimum Gasteiger partial charge on any atom is -0.497 e. The summed E-state index contributed by atoms with van der Waals surface area (Å²) in [5.41, 5.74) is 3.30. The van der Waals surface area contributed by atoms with Gasteiger partial charge < -0.3 is 9.84 Å². The van der Waals surface area contributed by atoms with Crippen molar-refractivity contribution in [2.45, 2.75) is 12.8 Å². The standard InChI is InChI=1S/C16H17ClO2/c1-19-14-8-9-15(16(17)11-14)13-6-4-12(5-7-13)3-2-10-18/h4-9,11,18H,2-3,10H2,1H3. The Bertz CT molecular complexity index is 535. The lowest BCUT2D eigenvalue weighted by Crippen LogP contribution is -1.89. The molecule has 0 aliphatic carbocycles. The molecule has 0 saturated carbocycles. The summed E-state index contributed by atoms with van der Waals surface area (Å²) in [6.45, 7) is 0.228.